The van der Waals surface area contributed by atoms with Gasteiger partial charge >= 0.3 is 0 Å². The van der Waals surface area contributed by atoms with Crippen LogP contribution < -0.4 is 5.32 Å². The number of rotatable bonds is 3. The molecule has 0 atom stereocenters. The third-order valence-electron chi connectivity index (χ3n) is 2.95. The first kappa shape index (κ1) is 10.3. The van der Waals surface area contributed by atoms with Gasteiger partial charge in [0.05, 0.1) is 0 Å². The van der Waals surface area contributed by atoms with Crippen molar-refractivity contribution in [2.45, 2.75) is 26.2 Å². The summed E-state index contributed by atoms with van der Waals surface area (Å²) in [7, 11) is 0. The summed E-state index contributed by atoms with van der Waals surface area (Å²) < 4.78 is 5.51. The van der Waals surface area contributed by atoms with Gasteiger partial charge < -0.3 is 9.73 Å². The standard InChI is InChI=1S/C13H14N2O2/c1-2-12-15-10-7-9(5-6-11(10)17-12)14-13(16)8-3-4-8/h5-8H,2-4H2,1H3,(H,14,16). The summed E-state index contributed by atoms with van der Waals surface area (Å²) in [5, 5.41) is 2.90. The smallest absolute Gasteiger partial charge is 0.227 e. The van der Waals surface area contributed by atoms with E-state index >= 15 is 0 Å². The van der Waals surface area contributed by atoms with Crippen molar-refractivity contribution in [1.82, 2.24) is 4.98 Å². The summed E-state index contributed by atoms with van der Waals surface area (Å²) >= 11 is 0. The molecule has 0 saturated heterocycles. The van der Waals surface area contributed by atoms with Crippen LogP contribution in [0.15, 0.2) is 22.6 Å². The van der Waals surface area contributed by atoms with Gasteiger partial charge in [0, 0.05) is 18.0 Å². The van der Waals surface area contributed by atoms with Crippen LogP contribution >= 0.6 is 0 Å². The predicted octanol–water partition coefficient (Wildman–Crippen LogP) is 2.74. The number of aromatic nitrogens is 1. The number of nitrogens with one attached hydrogen (secondary N) is 1. The molecular formula is C13H14N2O2. The number of anilines is 1. The first-order valence-electron chi connectivity index (χ1n) is 5.96. The summed E-state index contributed by atoms with van der Waals surface area (Å²) in [4.78, 5) is 16.0. The monoisotopic (exact) mass is 230 g/mol. The molecule has 1 amide bonds. The zero-order valence-electron chi connectivity index (χ0n) is 9.69. The van der Waals surface area contributed by atoms with Gasteiger partial charge in [-0.15, -0.1) is 0 Å². The summed E-state index contributed by atoms with van der Waals surface area (Å²) in [6, 6.07) is 5.56. The van der Waals surface area contributed by atoms with Crippen LogP contribution in [0.4, 0.5) is 5.69 Å². The van der Waals surface area contributed by atoms with Gasteiger partial charge in [-0.25, -0.2) is 4.98 Å². The van der Waals surface area contributed by atoms with Crippen molar-refractivity contribution in [2.75, 3.05) is 5.32 Å². The van der Waals surface area contributed by atoms with Crippen molar-refractivity contribution >= 4 is 22.7 Å². The van der Waals surface area contributed by atoms with Crippen molar-refractivity contribution in [3.63, 3.8) is 0 Å². The molecule has 1 aromatic heterocycles. The lowest BCUT2D eigenvalue weighted by Gasteiger charge is -2.02. The fourth-order valence-corrected chi connectivity index (χ4v) is 1.79. The van der Waals surface area contributed by atoms with Crippen LogP contribution in [0.1, 0.15) is 25.7 Å². The molecule has 17 heavy (non-hydrogen) atoms. The number of carbonyl (C=O) groups excluding carboxylic acids is 1. The molecule has 88 valence electrons. The third kappa shape index (κ3) is 2.02. The first-order chi connectivity index (χ1) is 8.26. The molecule has 1 aliphatic carbocycles. The molecule has 4 heteroatoms. The van der Waals surface area contributed by atoms with E-state index in [0.29, 0.717) is 0 Å². The molecule has 1 aromatic carbocycles. The minimum Gasteiger partial charge on any atom is -0.441 e. The topological polar surface area (TPSA) is 55.1 Å². The molecular weight excluding hydrogens is 216 g/mol. The average Bonchev–Trinajstić information content (AvgIpc) is 3.09. The first-order valence-corrected chi connectivity index (χ1v) is 5.96. The Morgan fingerprint density at radius 3 is 3.06 bits per heavy atom. The number of oxazole rings is 1. The lowest BCUT2D eigenvalue weighted by Crippen LogP contribution is -2.12. The minimum absolute atomic E-state index is 0.114. The Morgan fingerprint density at radius 2 is 2.35 bits per heavy atom. The van der Waals surface area contributed by atoms with Crippen LogP contribution in [-0.2, 0) is 11.2 Å². The van der Waals surface area contributed by atoms with Gasteiger partial charge in [-0.2, -0.15) is 0 Å². The number of benzene rings is 1. The highest BCUT2D eigenvalue weighted by Gasteiger charge is 2.29. The van der Waals surface area contributed by atoms with Crippen molar-refractivity contribution in [3.8, 4) is 0 Å². The molecule has 0 radical (unpaired) electrons. The summed E-state index contributed by atoms with van der Waals surface area (Å²) in [5.41, 5.74) is 2.37. The molecule has 1 heterocycles. The molecule has 3 rings (SSSR count). The Labute approximate surface area is 99.0 Å². The van der Waals surface area contributed by atoms with Crippen molar-refractivity contribution in [2.24, 2.45) is 5.92 Å². The Bertz CT molecular complexity index is 570. The third-order valence-corrected chi connectivity index (χ3v) is 2.95. The highest BCUT2D eigenvalue weighted by molar-refractivity contribution is 5.95. The maximum Gasteiger partial charge on any atom is 0.227 e. The van der Waals surface area contributed by atoms with Gasteiger partial charge in [0.25, 0.3) is 0 Å². The Balaban J connectivity index is 1.87. The fraction of sp³-hybridized carbons (Fsp3) is 0.385. The van der Waals surface area contributed by atoms with Gasteiger partial charge in [0.15, 0.2) is 11.5 Å². The molecule has 1 fully saturated rings. The summed E-state index contributed by atoms with van der Waals surface area (Å²) in [5.74, 6) is 1.06. The molecule has 0 unspecified atom stereocenters. The number of fused-ring (bicyclic) bond motifs is 1. The van der Waals surface area contributed by atoms with Crippen LogP contribution in [0.5, 0.6) is 0 Å². The molecule has 0 spiro atoms. The van der Waals surface area contributed by atoms with Crippen LogP contribution in [0.25, 0.3) is 11.1 Å². The second kappa shape index (κ2) is 3.87. The number of hydrogen-bond acceptors (Lipinski definition) is 3. The normalized spacial score (nSPS) is 15.1. The van der Waals surface area contributed by atoms with Crippen molar-refractivity contribution in [1.29, 1.82) is 0 Å². The highest BCUT2D eigenvalue weighted by Crippen LogP contribution is 2.30. The zero-order valence-corrected chi connectivity index (χ0v) is 9.69. The molecule has 2 aromatic rings. The van der Waals surface area contributed by atoms with Crippen molar-refractivity contribution < 1.29 is 9.21 Å². The van der Waals surface area contributed by atoms with Gasteiger partial charge in [-0.3, -0.25) is 4.79 Å². The van der Waals surface area contributed by atoms with Crippen LogP contribution in [0, 0.1) is 5.92 Å². The van der Waals surface area contributed by atoms with E-state index in [-0.39, 0.29) is 11.8 Å². The molecule has 1 saturated carbocycles. The van der Waals surface area contributed by atoms with Crippen LogP contribution in [0.2, 0.25) is 0 Å². The quantitative estimate of drug-likeness (QED) is 0.882. The molecule has 0 bridgehead atoms. The van der Waals surface area contributed by atoms with Gasteiger partial charge in [0.2, 0.25) is 5.91 Å². The second-order valence-electron chi connectivity index (χ2n) is 4.41. The average molecular weight is 230 g/mol. The molecule has 1 aliphatic rings. The van der Waals surface area contributed by atoms with Crippen molar-refractivity contribution in [3.05, 3.63) is 24.1 Å². The predicted molar refractivity (Wildman–Crippen MR) is 64.7 cm³/mol. The Hall–Kier alpha value is -1.84. The van der Waals surface area contributed by atoms with E-state index in [4.69, 9.17) is 4.42 Å². The summed E-state index contributed by atoms with van der Waals surface area (Å²) in [6.07, 6.45) is 2.80. The van der Waals surface area contributed by atoms with E-state index in [1.165, 1.54) is 0 Å². The Kier molecular flexibility index (Phi) is 2.35. The molecule has 0 aliphatic heterocycles. The van der Waals surface area contributed by atoms with Crippen LogP contribution in [0.3, 0.4) is 0 Å². The minimum atomic E-state index is 0.114. The van der Waals surface area contributed by atoms with Gasteiger partial charge in [0.1, 0.15) is 5.52 Å². The molecule has 1 N–H and O–H groups in total. The van der Waals surface area contributed by atoms with Gasteiger partial charge in [-0.05, 0) is 31.0 Å². The lowest BCUT2D eigenvalue weighted by atomic mass is 10.2. The molecule has 4 nitrogen and oxygen atoms in total. The van der Waals surface area contributed by atoms with E-state index in [9.17, 15) is 4.79 Å². The second-order valence-corrected chi connectivity index (χ2v) is 4.41. The SMILES string of the molecule is CCc1nc2cc(NC(=O)C3CC3)ccc2o1. The van der Waals surface area contributed by atoms with Crippen LogP contribution in [-0.4, -0.2) is 10.9 Å². The highest BCUT2D eigenvalue weighted by atomic mass is 16.3. The van der Waals surface area contributed by atoms with E-state index in [2.05, 4.69) is 10.3 Å². The number of hydrogen-bond donors (Lipinski definition) is 1. The fourth-order valence-electron chi connectivity index (χ4n) is 1.79. The van der Waals surface area contributed by atoms with E-state index in [1.807, 2.05) is 25.1 Å². The zero-order chi connectivity index (χ0) is 11.8. The largest absolute Gasteiger partial charge is 0.441 e. The maximum atomic E-state index is 11.6. The van der Waals surface area contributed by atoms with Gasteiger partial charge in [-0.1, -0.05) is 6.92 Å². The maximum absolute atomic E-state index is 11.6. The van der Waals surface area contributed by atoms with E-state index < -0.39 is 0 Å². The summed E-state index contributed by atoms with van der Waals surface area (Å²) in [6.45, 7) is 2.00. The van der Waals surface area contributed by atoms with E-state index in [1.54, 1.807) is 0 Å². The number of amides is 1. The number of carbonyl (C=O) groups is 1. The number of aryl methyl sites for hydroxylation is 1. The van der Waals surface area contributed by atoms with E-state index in [0.717, 1.165) is 41.9 Å². The Morgan fingerprint density at radius 1 is 1.53 bits per heavy atom. The lowest BCUT2D eigenvalue weighted by molar-refractivity contribution is -0.117. The number of nitrogens with zero attached hydrogens (tertiary/aromatic N) is 1.